The van der Waals surface area contributed by atoms with Gasteiger partial charge in [0.2, 0.25) is 0 Å². The lowest BCUT2D eigenvalue weighted by atomic mass is 10.1. The summed E-state index contributed by atoms with van der Waals surface area (Å²) in [6.07, 6.45) is 0.847. The maximum absolute atomic E-state index is 13.0. The minimum Gasteiger partial charge on any atom is -0.454 e. The lowest BCUT2D eigenvalue weighted by Gasteiger charge is -2.25. The molecule has 3 aromatic carbocycles. The molecule has 1 fully saturated rings. The van der Waals surface area contributed by atoms with Crippen LogP contribution in [-0.4, -0.2) is 47.7 Å². The summed E-state index contributed by atoms with van der Waals surface area (Å²) in [5, 5.41) is 0.490. The van der Waals surface area contributed by atoms with Crippen LogP contribution in [0, 0.1) is 0 Å². The van der Waals surface area contributed by atoms with Gasteiger partial charge in [-0.15, -0.1) is 0 Å². The Morgan fingerprint density at radius 2 is 1.58 bits per heavy atom. The van der Waals surface area contributed by atoms with E-state index >= 15 is 0 Å². The van der Waals surface area contributed by atoms with Gasteiger partial charge in [-0.1, -0.05) is 48.0 Å². The molecule has 0 aliphatic carbocycles. The lowest BCUT2D eigenvalue weighted by molar-refractivity contribution is 0.0764. The summed E-state index contributed by atoms with van der Waals surface area (Å²) >= 11 is 6.26. The number of carbonyl (C=O) groups excluding carboxylic acids is 1. The number of hydrogen-bond donors (Lipinski definition) is 0. The van der Waals surface area contributed by atoms with Gasteiger partial charge in [0.05, 0.1) is 16.1 Å². The second kappa shape index (κ2) is 8.44. The van der Waals surface area contributed by atoms with Crippen LogP contribution in [0.25, 0.3) is 0 Å². The molecular formula is C25H22ClN3O2. The largest absolute Gasteiger partial charge is 0.454 e. The molecule has 0 atom stereocenters. The molecule has 0 saturated carbocycles. The summed E-state index contributed by atoms with van der Waals surface area (Å²) in [7, 11) is 0. The van der Waals surface area contributed by atoms with Gasteiger partial charge >= 0.3 is 0 Å². The highest BCUT2D eigenvalue weighted by atomic mass is 35.5. The third-order valence-corrected chi connectivity index (χ3v) is 5.96. The van der Waals surface area contributed by atoms with E-state index in [2.05, 4.69) is 4.90 Å². The molecule has 31 heavy (non-hydrogen) atoms. The molecule has 6 heteroatoms. The number of amides is 1. The van der Waals surface area contributed by atoms with E-state index in [9.17, 15) is 4.79 Å². The number of para-hydroxylation sites is 3. The standard InChI is InChI=1S/C25H22ClN3O2/c26-20-10-3-1-8-18(20)25(30)29-15-7-14-28(16-17-29)24-19-9-2-5-12-22(19)31-23-13-6-4-11-21(23)27-24/h1-6,8-13H,7,14-17H2. The molecule has 5 rings (SSSR count). The molecule has 5 nitrogen and oxygen atoms in total. The third kappa shape index (κ3) is 3.89. The van der Waals surface area contributed by atoms with Gasteiger partial charge in [0.15, 0.2) is 5.75 Å². The Bertz CT molecular complexity index is 1160. The lowest BCUT2D eigenvalue weighted by Crippen LogP contribution is -2.37. The molecule has 0 radical (unpaired) electrons. The molecule has 2 heterocycles. The molecule has 0 bridgehead atoms. The van der Waals surface area contributed by atoms with Crippen molar-refractivity contribution in [2.24, 2.45) is 4.99 Å². The number of hydrogen-bond acceptors (Lipinski definition) is 4. The van der Waals surface area contributed by atoms with E-state index in [1.165, 1.54) is 0 Å². The third-order valence-electron chi connectivity index (χ3n) is 5.63. The molecule has 1 saturated heterocycles. The van der Waals surface area contributed by atoms with Crippen LogP contribution in [0.4, 0.5) is 5.69 Å². The van der Waals surface area contributed by atoms with Crippen molar-refractivity contribution in [1.29, 1.82) is 0 Å². The van der Waals surface area contributed by atoms with Crippen molar-refractivity contribution in [3.05, 3.63) is 88.9 Å². The average Bonchev–Trinajstić information content (AvgIpc) is 3.14. The first-order valence-corrected chi connectivity index (χ1v) is 10.8. The van der Waals surface area contributed by atoms with E-state index in [0.29, 0.717) is 30.2 Å². The van der Waals surface area contributed by atoms with Crippen molar-refractivity contribution in [2.45, 2.75) is 6.42 Å². The number of nitrogens with zero attached hydrogens (tertiary/aromatic N) is 3. The zero-order valence-corrected chi connectivity index (χ0v) is 17.8. The van der Waals surface area contributed by atoms with Crippen LogP contribution in [0.3, 0.4) is 0 Å². The minimum absolute atomic E-state index is 0.0238. The van der Waals surface area contributed by atoms with Crippen LogP contribution >= 0.6 is 11.6 Å². The number of carbonyl (C=O) groups is 1. The highest BCUT2D eigenvalue weighted by Crippen LogP contribution is 2.37. The molecule has 156 valence electrons. The number of fused-ring (bicyclic) bond motifs is 2. The van der Waals surface area contributed by atoms with Gasteiger partial charge < -0.3 is 14.5 Å². The predicted octanol–water partition coefficient (Wildman–Crippen LogP) is 5.37. The first-order chi connectivity index (χ1) is 15.2. The number of aliphatic imine (C=N–C) groups is 1. The van der Waals surface area contributed by atoms with Crippen molar-refractivity contribution < 1.29 is 9.53 Å². The Hall–Kier alpha value is -3.31. The van der Waals surface area contributed by atoms with Crippen molar-refractivity contribution >= 4 is 29.0 Å². The summed E-state index contributed by atoms with van der Waals surface area (Å²) in [5.74, 6) is 2.40. The number of ether oxygens (including phenoxy) is 1. The number of benzene rings is 3. The van der Waals surface area contributed by atoms with E-state index in [1.807, 2.05) is 65.6 Å². The smallest absolute Gasteiger partial charge is 0.255 e. The first kappa shape index (κ1) is 19.6. The molecule has 2 aliphatic heterocycles. The number of halogens is 1. The van der Waals surface area contributed by atoms with Gasteiger partial charge in [-0.3, -0.25) is 4.79 Å². The van der Waals surface area contributed by atoms with E-state index < -0.39 is 0 Å². The van der Waals surface area contributed by atoms with Gasteiger partial charge in [0.1, 0.15) is 17.3 Å². The highest BCUT2D eigenvalue weighted by Gasteiger charge is 2.26. The van der Waals surface area contributed by atoms with Crippen LogP contribution in [0.15, 0.2) is 77.8 Å². The predicted molar refractivity (Wildman–Crippen MR) is 123 cm³/mol. The Balaban J connectivity index is 1.44. The van der Waals surface area contributed by atoms with Crippen LogP contribution in [0.1, 0.15) is 22.3 Å². The zero-order valence-electron chi connectivity index (χ0n) is 17.0. The Morgan fingerprint density at radius 1 is 0.839 bits per heavy atom. The Morgan fingerprint density at radius 3 is 2.45 bits per heavy atom. The molecule has 2 aliphatic rings. The summed E-state index contributed by atoms with van der Waals surface area (Å²) in [6, 6.07) is 23.0. The SMILES string of the molecule is O=C(c1ccccc1Cl)N1CCCN(C2=Nc3ccccc3Oc3ccccc32)CC1. The molecule has 0 spiro atoms. The van der Waals surface area contributed by atoms with E-state index in [4.69, 9.17) is 21.3 Å². The average molecular weight is 432 g/mol. The fourth-order valence-corrected chi connectivity index (χ4v) is 4.26. The second-order valence-corrected chi connectivity index (χ2v) is 8.02. The molecule has 0 N–H and O–H groups in total. The fourth-order valence-electron chi connectivity index (χ4n) is 4.05. The van der Waals surface area contributed by atoms with Crippen LogP contribution in [0.5, 0.6) is 11.5 Å². The zero-order chi connectivity index (χ0) is 21.2. The quantitative estimate of drug-likeness (QED) is 0.520. The summed E-state index contributed by atoms with van der Waals surface area (Å²) in [6.45, 7) is 2.78. The van der Waals surface area contributed by atoms with Gasteiger partial charge in [-0.2, -0.15) is 0 Å². The van der Waals surface area contributed by atoms with Crippen molar-refractivity contribution in [1.82, 2.24) is 9.80 Å². The summed E-state index contributed by atoms with van der Waals surface area (Å²) in [5.41, 5.74) is 2.32. The monoisotopic (exact) mass is 431 g/mol. The van der Waals surface area contributed by atoms with Crippen LogP contribution in [0.2, 0.25) is 5.02 Å². The molecule has 0 aromatic heterocycles. The molecule has 1 amide bonds. The minimum atomic E-state index is -0.0238. The Kier molecular flexibility index (Phi) is 5.35. The van der Waals surface area contributed by atoms with Gasteiger partial charge in [-0.05, 0) is 42.8 Å². The van der Waals surface area contributed by atoms with Crippen molar-refractivity contribution in [3.63, 3.8) is 0 Å². The topological polar surface area (TPSA) is 45.1 Å². The van der Waals surface area contributed by atoms with Crippen molar-refractivity contribution in [3.8, 4) is 11.5 Å². The normalized spacial score (nSPS) is 15.7. The summed E-state index contributed by atoms with van der Waals surface area (Å²) in [4.78, 5) is 22.2. The van der Waals surface area contributed by atoms with Crippen LogP contribution in [-0.2, 0) is 0 Å². The summed E-state index contributed by atoms with van der Waals surface area (Å²) < 4.78 is 6.16. The number of rotatable bonds is 1. The highest BCUT2D eigenvalue weighted by molar-refractivity contribution is 6.33. The van der Waals surface area contributed by atoms with Crippen molar-refractivity contribution in [2.75, 3.05) is 26.2 Å². The van der Waals surface area contributed by atoms with Gasteiger partial charge in [0, 0.05) is 26.2 Å². The molecule has 3 aromatic rings. The maximum Gasteiger partial charge on any atom is 0.255 e. The van der Waals surface area contributed by atoms with E-state index in [-0.39, 0.29) is 5.91 Å². The van der Waals surface area contributed by atoms with Crippen LogP contribution < -0.4 is 4.74 Å². The molecule has 0 unspecified atom stereocenters. The molecular weight excluding hydrogens is 410 g/mol. The van der Waals surface area contributed by atoms with Gasteiger partial charge in [-0.25, -0.2) is 4.99 Å². The first-order valence-electron chi connectivity index (χ1n) is 10.4. The second-order valence-electron chi connectivity index (χ2n) is 7.61. The van der Waals surface area contributed by atoms with E-state index in [1.54, 1.807) is 12.1 Å². The number of amidine groups is 1. The van der Waals surface area contributed by atoms with Gasteiger partial charge in [0.25, 0.3) is 5.91 Å². The fraction of sp³-hybridized carbons (Fsp3) is 0.200. The van der Waals surface area contributed by atoms with E-state index in [0.717, 1.165) is 41.6 Å². The Labute approximate surface area is 186 Å². The maximum atomic E-state index is 13.0.